The molecule has 0 radical (unpaired) electrons. The first-order valence-corrected chi connectivity index (χ1v) is 12.7. The molecule has 0 fully saturated rings. The zero-order valence-corrected chi connectivity index (χ0v) is 22.7. The summed E-state index contributed by atoms with van der Waals surface area (Å²) >= 11 is 0. The van der Waals surface area contributed by atoms with Crippen molar-refractivity contribution >= 4 is 41.0 Å². The van der Waals surface area contributed by atoms with E-state index >= 15 is 4.39 Å². The third-order valence-corrected chi connectivity index (χ3v) is 6.00. The molecule has 0 aliphatic rings. The van der Waals surface area contributed by atoms with Crippen LogP contribution in [-0.4, -0.2) is 40.6 Å². The number of aryl methyl sites for hydroxylation is 1. The number of rotatable bonds is 10. The van der Waals surface area contributed by atoms with Crippen molar-refractivity contribution in [2.75, 3.05) is 22.5 Å². The number of nitrogen functional groups attached to an aromatic ring is 1. The van der Waals surface area contributed by atoms with Crippen molar-refractivity contribution in [2.24, 2.45) is 4.99 Å². The average Bonchev–Trinajstić information content (AvgIpc) is 2.96. The second kappa shape index (κ2) is 12.8. The summed E-state index contributed by atoms with van der Waals surface area (Å²) in [5.74, 6) is -2.49. The number of nitrogens with one attached hydrogen (secondary N) is 2. The second-order valence-corrected chi connectivity index (χ2v) is 9.24. The van der Waals surface area contributed by atoms with Gasteiger partial charge in [-0.25, -0.2) is 19.4 Å². The first-order valence-electron chi connectivity index (χ1n) is 12.7. The van der Waals surface area contributed by atoms with E-state index < -0.39 is 17.3 Å². The molecule has 11 heteroatoms. The second-order valence-electron chi connectivity index (χ2n) is 9.24. The predicted molar refractivity (Wildman–Crippen MR) is 156 cm³/mol. The molecular formula is C30H29F2N7O2. The lowest BCUT2D eigenvalue weighted by Crippen LogP contribution is -2.35. The Morgan fingerprint density at radius 2 is 1.78 bits per heavy atom. The van der Waals surface area contributed by atoms with Gasteiger partial charge in [0.1, 0.15) is 23.8 Å². The lowest BCUT2D eigenvalue weighted by molar-refractivity contribution is -0.106. The van der Waals surface area contributed by atoms with Crippen LogP contribution in [0, 0.1) is 24.0 Å². The summed E-state index contributed by atoms with van der Waals surface area (Å²) in [4.78, 5) is 26.5. The van der Waals surface area contributed by atoms with Gasteiger partial charge in [-0.3, -0.25) is 15.1 Å². The average molecular weight is 558 g/mol. The Bertz CT molecular complexity index is 1590. The number of nitrogens with two attached hydrogens (primary N) is 1. The number of amides is 1. The van der Waals surface area contributed by atoms with E-state index in [0.29, 0.717) is 23.6 Å². The maximum absolute atomic E-state index is 15.1. The molecule has 1 heterocycles. The molecule has 0 spiro atoms. The highest BCUT2D eigenvalue weighted by atomic mass is 19.2. The van der Waals surface area contributed by atoms with E-state index in [-0.39, 0.29) is 41.2 Å². The van der Waals surface area contributed by atoms with Crippen LogP contribution in [0.4, 0.5) is 31.8 Å². The van der Waals surface area contributed by atoms with Gasteiger partial charge in [-0.2, -0.15) is 4.39 Å². The molecule has 4 aromatic rings. The van der Waals surface area contributed by atoms with Crippen molar-refractivity contribution in [3.05, 3.63) is 101 Å². The molecule has 0 saturated carbocycles. The van der Waals surface area contributed by atoms with Crippen molar-refractivity contribution in [3.8, 4) is 5.75 Å². The minimum atomic E-state index is -1.26. The van der Waals surface area contributed by atoms with Crippen LogP contribution in [0.1, 0.15) is 30.5 Å². The summed E-state index contributed by atoms with van der Waals surface area (Å²) in [6, 6.07) is 18.9. The summed E-state index contributed by atoms with van der Waals surface area (Å²) < 4.78 is 35.1. The van der Waals surface area contributed by atoms with Gasteiger partial charge in [0.25, 0.3) is 0 Å². The quantitative estimate of drug-likeness (QED) is 0.131. The topological polar surface area (TPSA) is 130 Å². The summed E-state index contributed by atoms with van der Waals surface area (Å²) in [7, 11) is 0. The van der Waals surface area contributed by atoms with Gasteiger partial charge in [0.2, 0.25) is 12.2 Å². The number of carbonyl (C=O) groups is 1. The third-order valence-electron chi connectivity index (χ3n) is 6.00. The number of amidine groups is 1. The fourth-order valence-corrected chi connectivity index (χ4v) is 4.01. The molecule has 0 aliphatic heterocycles. The van der Waals surface area contributed by atoms with Gasteiger partial charge in [-0.05, 0) is 56.7 Å². The molecule has 0 atom stereocenters. The van der Waals surface area contributed by atoms with Crippen molar-refractivity contribution in [1.82, 2.24) is 9.97 Å². The molecule has 4 N–H and O–H groups in total. The minimum Gasteiger partial charge on any atom is -0.488 e. The first-order chi connectivity index (χ1) is 19.7. The first kappa shape index (κ1) is 28.8. The third kappa shape index (κ3) is 6.52. The van der Waals surface area contributed by atoms with Gasteiger partial charge >= 0.3 is 0 Å². The summed E-state index contributed by atoms with van der Waals surface area (Å²) in [6.07, 6.45) is 1.45. The van der Waals surface area contributed by atoms with Crippen molar-refractivity contribution in [2.45, 2.75) is 26.9 Å². The van der Waals surface area contributed by atoms with E-state index in [0.717, 1.165) is 5.56 Å². The minimum absolute atomic E-state index is 0.0449. The fraction of sp³-hybridized carbons (Fsp3) is 0.167. The van der Waals surface area contributed by atoms with Crippen LogP contribution in [0.2, 0.25) is 0 Å². The lowest BCUT2D eigenvalue weighted by Gasteiger charge is -2.22. The fourth-order valence-electron chi connectivity index (χ4n) is 4.01. The molecule has 1 aromatic heterocycles. The Hall–Kier alpha value is -5.19. The molecule has 0 bridgehead atoms. The monoisotopic (exact) mass is 557 g/mol. The Labute approximate surface area is 236 Å². The number of benzene rings is 3. The molecular weight excluding hydrogens is 528 g/mol. The Kier molecular flexibility index (Phi) is 8.98. The van der Waals surface area contributed by atoms with E-state index in [2.05, 4.69) is 15.3 Å². The van der Waals surface area contributed by atoms with E-state index in [1.54, 1.807) is 38.1 Å². The number of carbonyl (C=O) groups excluding carboxylic acids is 1. The standard InChI is InChI=1S/C30H29F2N7O2/c1-18(2)41-23-14-13-21(26(31)27(23)32)28(33)25-29(34)36-16-37-30(25)35-15-24(38-22-12-8-7-9-19(22)3)39(17-40)20-10-5-4-6-11-20/h4-14,16-18,33H,15H2,1-3H3,(H3,34,35,36,37)/b33-28?,38-24-. The molecule has 0 unspecified atom stereocenters. The van der Waals surface area contributed by atoms with Gasteiger partial charge in [0.15, 0.2) is 11.6 Å². The molecule has 1 amide bonds. The lowest BCUT2D eigenvalue weighted by atomic mass is 10.0. The number of hydrogen-bond acceptors (Lipinski definition) is 8. The van der Waals surface area contributed by atoms with Crippen molar-refractivity contribution < 1.29 is 18.3 Å². The van der Waals surface area contributed by atoms with Crippen LogP contribution < -0.4 is 20.7 Å². The molecule has 0 aliphatic carbocycles. The smallest absolute Gasteiger partial charge is 0.219 e. The van der Waals surface area contributed by atoms with Crippen LogP contribution in [0.5, 0.6) is 5.75 Å². The Balaban J connectivity index is 1.72. The number of anilines is 3. The highest BCUT2D eigenvalue weighted by Crippen LogP contribution is 2.28. The molecule has 210 valence electrons. The van der Waals surface area contributed by atoms with Crippen molar-refractivity contribution in [1.29, 1.82) is 5.41 Å². The number of para-hydroxylation sites is 2. The van der Waals surface area contributed by atoms with Gasteiger partial charge in [0.05, 0.1) is 29.6 Å². The van der Waals surface area contributed by atoms with Gasteiger partial charge in [0, 0.05) is 11.3 Å². The summed E-state index contributed by atoms with van der Waals surface area (Å²) in [5.41, 5.74) is 7.37. The zero-order chi connectivity index (χ0) is 29.5. The predicted octanol–water partition coefficient (Wildman–Crippen LogP) is 5.65. The summed E-state index contributed by atoms with van der Waals surface area (Å²) in [5, 5.41) is 11.8. The van der Waals surface area contributed by atoms with Crippen LogP contribution in [-0.2, 0) is 4.79 Å². The zero-order valence-electron chi connectivity index (χ0n) is 22.7. The molecule has 3 aromatic carbocycles. The molecule has 0 saturated heterocycles. The highest BCUT2D eigenvalue weighted by Gasteiger charge is 2.24. The van der Waals surface area contributed by atoms with Crippen LogP contribution in [0.25, 0.3) is 0 Å². The van der Waals surface area contributed by atoms with E-state index in [1.165, 1.54) is 23.4 Å². The molecule has 4 rings (SSSR count). The number of hydrogen-bond donors (Lipinski definition) is 3. The van der Waals surface area contributed by atoms with Crippen LogP contribution >= 0.6 is 0 Å². The number of aliphatic imine (C=N–C) groups is 1. The Morgan fingerprint density at radius 1 is 1.07 bits per heavy atom. The Morgan fingerprint density at radius 3 is 2.46 bits per heavy atom. The number of halogens is 2. The van der Waals surface area contributed by atoms with Crippen molar-refractivity contribution in [3.63, 3.8) is 0 Å². The molecule has 41 heavy (non-hydrogen) atoms. The largest absolute Gasteiger partial charge is 0.488 e. The SMILES string of the molecule is Cc1ccccc1/N=C(/CNc1ncnc(N)c1C(=N)c1ccc(OC(C)C)c(F)c1F)N(C=O)c1ccccc1. The van der Waals surface area contributed by atoms with Crippen LogP contribution in [0.3, 0.4) is 0 Å². The van der Waals surface area contributed by atoms with Gasteiger partial charge in [-0.15, -0.1) is 0 Å². The molecule has 9 nitrogen and oxygen atoms in total. The highest BCUT2D eigenvalue weighted by molar-refractivity contribution is 6.17. The number of nitrogens with zero attached hydrogens (tertiary/aromatic N) is 4. The number of ether oxygens (including phenoxy) is 1. The number of aromatic nitrogens is 2. The van der Waals surface area contributed by atoms with Gasteiger partial charge < -0.3 is 15.8 Å². The van der Waals surface area contributed by atoms with Crippen LogP contribution in [0.15, 0.2) is 78.0 Å². The maximum atomic E-state index is 15.1. The van der Waals surface area contributed by atoms with E-state index in [1.807, 2.05) is 37.3 Å². The van der Waals surface area contributed by atoms with Gasteiger partial charge in [-0.1, -0.05) is 36.4 Å². The van der Waals surface area contributed by atoms with E-state index in [4.69, 9.17) is 20.9 Å². The van der Waals surface area contributed by atoms with E-state index in [9.17, 15) is 9.18 Å². The maximum Gasteiger partial charge on any atom is 0.219 e. The normalized spacial score (nSPS) is 11.3. The summed E-state index contributed by atoms with van der Waals surface area (Å²) in [6.45, 7) is 5.23.